The molecule has 0 saturated heterocycles. The van der Waals surface area contributed by atoms with Crippen LogP contribution in [0.4, 0.5) is 5.69 Å². The van der Waals surface area contributed by atoms with E-state index in [1.54, 1.807) is 18.2 Å². The van der Waals surface area contributed by atoms with Crippen LogP contribution in [-0.4, -0.2) is 19.2 Å². The molecular weight excluding hydrogens is 188 g/mol. The number of nitrogen functional groups attached to an aromatic ring is 1. The van der Waals surface area contributed by atoms with E-state index in [9.17, 15) is 0 Å². The predicted octanol–water partition coefficient (Wildman–Crippen LogP) is 1.92. The molecule has 0 aliphatic heterocycles. The Morgan fingerprint density at radius 1 is 1.54 bits per heavy atom. The Kier molecular flexibility index (Phi) is 3.54. The van der Waals surface area contributed by atoms with Crippen LogP contribution < -0.4 is 5.73 Å². The number of benzene rings is 1. The fourth-order valence-electron chi connectivity index (χ4n) is 0.991. The number of rotatable bonds is 3. The van der Waals surface area contributed by atoms with Crippen molar-refractivity contribution in [3.05, 3.63) is 28.8 Å². The van der Waals surface area contributed by atoms with E-state index >= 15 is 0 Å². The quantitative estimate of drug-likeness (QED) is 0.599. The molecule has 1 rings (SSSR count). The minimum atomic E-state index is 0.585. The van der Waals surface area contributed by atoms with E-state index in [1.807, 2.05) is 19.2 Å². The largest absolute Gasteiger partial charge is 0.398 e. The van der Waals surface area contributed by atoms with Crippen LogP contribution >= 0.6 is 11.6 Å². The van der Waals surface area contributed by atoms with Crippen LogP contribution in [-0.2, 0) is 11.4 Å². The highest BCUT2D eigenvalue weighted by atomic mass is 35.5. The number of nitrogens with zero attached hydrogens (tertiary/aromatic N) is 1. The molecule has 1 aromatic rings. The maximum Gasteiger partial charge on any atom is 0.0638 e. The first-order valence-corrected chi connectivity index (χ1v) is 4.30. The van der Waals surface area contributed by atoms with Gasteiger partial charge in [0.05, 0.1) is 17.8 Å². The Morgan fingerprint density at radius 3 is 2.77 bits per heavy atom. The van der Waals surface area contributed by atoms with E-state index in [2.05, 4.69) is 0 Å². The Hall–Kier alpha value is -0.770. The monoisotopic (exact) mass is 200 g/mol. The molecule has 2 N–H and O–H groups in total. The van der Waals surface area contributed by atoms with Crippen molar-refractivity contribution in [3.63, 3.8) is 0 Å². The molecule has 0 heterocycles. The summed E-state index contributed by atoms with van der Waals surface area (Å²) in [7, 11) is 3.48. The average molecular weight is 201 g/mol. The molecule has 3 nitrogen and oxygen atoms in total. The van der Waals surface area contributed by atoms with Crippen LogP contribution in [0.25, 0.3) is 0 Å². The Bertz CT molecular complexity index is 291. The van der Waals surface area contributed by atoms with Gasteiger partial charge in [-0.2, -0.15) is 5.06 Å². The van der Waals surface area contributed by atoms with E-state index < -0.39 is 0 Å². The molecule has 72 valence electrons. The number of hydrogen-bond acceptors (Lipinski definition) is 3. The van der Waals surface area contributed by atoms with Crippen molar-refractivity contribution in [2.45, 2.75) is 6.54 Å². The fourth-order valence-corrected chi connectivity index (χ4v) is 1.19. The van der Waals surface area contributed by atoms with E-state index in [-0.39, 0.29) is 0 Å². The van der Waals surface area contributed by atoms with Crippen molar-refractivity contribution < 1.29 is 4.84 Å². The molecule has 0 aliphatic carbocycles. The molecular formula is C9H13ClN2O. The zero-order chi connectivity index (χ0) is 9.84. The first kappa shape index (κ1) is 10.3. The summed E-state index contributed by atoms with van der Waals surface area (Å²) in [5.41, 5.74) is 7.25. The summed E-state index contributed by atoms with van der Waals surface area (Å²) >= 11 is 5.86. The minimum absolute atomic E-state index is 0.585. The summed E-state index contributed by atoms with van der Waals surface area (Å²) in [6.45, 7) is 0.691. The highest BCUT2D eigenvalue weighted by Gasteiger charge is 2.01. The molecule has 0 aliphatic rings. The summed E-state index contributed by atoms with van der Waals surface area (Å²) in [5, 5.41) is 2.30. The molecule has 0 amide bonds. The van der Waals surface area contributed by atoms with Crippen LogP contribution in [0.5, 0.6) is 0 Å². The van der Waals surface area contributed by atoms with Gasteiger partial charge < -0.3 is 10.6 Å². The van der Waals surface area contributed by atoms with Gasteiger partial charge in [0, 0.05) is 13.6 Å². The zero-order valence-corrected chi connectivity index (χ0v) is 8.51. The van der Waals surface area contributed by atoms with Gasteiger partial charge in [0.15, 0.2) is 0 Å². The van der Waals surface area contributed by atoms with Gasteiger partial charge in [0.1, 0.15) is 0 Å². The van der Waals surface area contributed by atoms with Crippen LogP contribution in [0.15, 0.2) is 18.2 Å². The summed E-state index contributed by atoms with van der Waals surface area (Å²) in [4.78, 5) is 4.98. The number of hydroxylamine groups is 2. The van der Waals surface area contributed by atoms with Crippen molar-refractivity contribution in [2.75, 3.05) is 19.9 Å². The van der Waals surface area contributed by atoms with E-state index in [0.29, 0.717) is 17.3 Å². The van der Waals surface area contributed by atoms with Crippen LogP contribution in [0, 0.1) is 0 Å². The summed E-state index contributed by atoms with van der Waals surface area (Å²) < 4.78 is 0. The number of halogens is 1. The van der Waals surface area contributed by atoms with E-state index in [0.717, 1.165) is 5.56 Å². The van der Waals surface area contributed by atoms with Crippen LogP contribution in [0.2, 0.25) is 5.02 Å². The molecule has 1 aromatic carbocycles. The van der Waals surface area contributed by atoms with Gasteiger partial charge in [-0.1, -0.05) is 17.7 Å². The third kappa shape index (κ3) is 2.88. The maximum atomic E-state index is 5.86. The summed E-state index contributed by atoms with van der Waals surface area (Å²) in [6.07, 6.45) is 0. The molecule has 0 radical (unpaired) electrons. The van der Waals surface area contributed by atoms with Gasteiger partial charge in [-0.05, 0) is 17.7 Å². The Morgan fingerprint density at radius 2 is 2.23 bits per heavy atom. The highest BCUT2D eigenvalue weighted by molar-refractivity contribution is 6.33. The second kappa shape index (κ2) is 4.46. The summed E-state index contributed by atoms with van der Waals surface area (Å²) in [5.74, 6) is 0. The van der Waals surface area contributed by atoms with Gasteiger partial charge in [-0.3, -0.25) is 0 Å². The summed E-state index contributed by atoms with van der Waals surface area (Å²) in [6, 6.07) is 5.56. The minimum Gasteiger partial charge on any atom is -0.398 e. The lowest BCUT2D eigenvalue weighted by atomic mass is 10.2. The second-order valence-corrected chi connectivity index (χ2v) is 3.23. The lowest BCUT2D eigenvalue weighted by Gasteiger charge is -2.13. The van der Waals surface area contributed by atoms with Crippen molar-refractivity contribution >= 4 is 17.3 Å². The average Bonchev–Trinajstić information content (AvgIpc) is 2.11. The smallest absolute Gasteiger partial charge is 0.0638 e. The fraction of sp³-hybridized carbons (Fsp3) is 0.333. The standard InChI is InChI=1S/C9H13ClN2O/c1-12(13-2)6-7-3-4-9(11)8(10)5-7/h3-5H,6,11H2,1-2H3. The predicted molar refractivity (Wildman–Crippen MR) is 54.3 cm³/mol. The molecule has 0 unspecified atom stereocenters. The molecule has 0 fully saturated rings. The number of hydrogen-bond donors (Lipinski definition) is 1. The van der Waals surface area contributed by atoms with Crippen molar-refractivity contribution in [1.82, 2.24) is 5.06 Å². The Balaban J connectivity index is 2.73. The molecule has 4 heteroatoms. The Labute approximate surface area is 83.0 Å². The van der Waals surface area contributed by atoms with Gasteiger partial charge in [-0.15, -0.1) is 0 Å². The number of nitrogens with two attached hydrogens (primary N) is 1. The first-order valence-electron chi connectivity index (χ1n) is 3.92. The molecule has 0 saturated carbocycles. The molecule has 0 atom stereocenters. The lowest BCUT2D eigenvalue weighted by molar-refractivity contribution is -0.116. The number of anilines is 1. The van der Waals surface area contributed by atoms with E-state index in [4.69, 9.17) is 22.2 Å². The zero-order valence-electron chi connectivity index (χ0n) is 7.75. The maximum absolute atomic E-state index is 5.86. The molecule has 0 aromatic heterocycles. The third-order valence-corrected chi connectivity index (χ3v) is 2.11. The topological polar surface area (TPSA) is 38.5 Å². The highest BCUT2D eigenvalue weighted by Crippen LogP contribution is 2.20. The second-order valence-electron chi connectivity index (χ2n) is 2.82. The van der Waals surface area contributed by atoms with E-state index in [1.165, 1.54) is 0 Å². The molecule has 13 heavy (non-hydrogen) atoms. The van der Waals surface area contributed by atoms with Crippen molar-refractivity contribution in [1.29, 1.82) is 0 Å². The lowest BCUT2D eigenvalue weighted by Crippen LogP contribution is -2.15. The van der Waals surface area contributed by atoms with Gasteiger partial charge >= 0.3 is 0 Å². The van der Waals surface area contributed by atoms with Crippen molar-refractivity contribution in [3.8, 4) is 0 Å². The van der Waals surface area contributed by atoms with Gasteiger partial charge in [0.2, 0.25) is 0 Å². The third-order valence-electron chi connectivity index (χ3n) is 1.78. The van der Waals surface area contributed by atoms with Gasteiger partial charge in [-0.25, -0.2) is 0 Å². The molecule has 0 spiro atoms. The normalized spacial score (nSPS) is 10.8. The SMILES string of the molecule is CON(C)Cc1ccc(N)c(Cl)c1. The molecule has 0 bridgehead atoms. The van der Waals surface area contributed by atoms with Crippen molar-refractivity contribution in [2.24, 2.45) is 0 Å². The first-order chi connectivity index (χ1) is 6.13. The van der Waals surface area contributed by atoms with Gasteiger partial charge in [0.25, 0.3) is 0 Å². The van der Waals surface area contributed by atoms with Crippen LogP contribution in [0.3, 0.4) is 0 Å². The van der Waals surface area contributed by atoms with Crippen LogP contribution in [0.1, 0.15) is 5.56 Å².